The van der Waals surface area contributed by atoms with Gasteiger partial charge in [-0.15, -0.1) is 11.3 Å². The molecule has 5 heteroatoms. The summed E-state index contributed by atoms with van der Waals surface area (Å²) in [4.78, 5) is 10.9. The number of aromatic nitrogens is 2. The lowest BCUT2D eigenvalue weighted by Crippen LogP contribution is -1.94. The van der Waals surface area contributed by atoms with E-state index < -0.39 is 0 Å². The lowest BCUT2D eigenvalue weighted by atomic mass is 10.2. The molecule has 3 aromatic rings. The summed E-state index contributed by atoms with van der Waals surface area (Å²) in [6.07, 6.45) is 2.55. The fourth-order valence-electron chi connectivity index (χ4n) is 1.98. The van der Waals surface area contributed by atoms with Gasteiger partial charge in [0.2, 0.25) is 0 Å². The van der Waals surface area contributed by atoms with Crippen LogP contribution in [-0.4, -0.2) is 9.97 Å². The molecule has 0 aliphatic carbocycles. The number of nitrogens with one attached hydrogen (secondary N) is 1. The Balaban J connectivity index is 2.01. The first-order valence-corrected chi connectivity index (χ1v) is 7.12. The number of anilines is 2. The van der Waals surface area contributed by atoms with E-state index in [1.54, 1.807) is 29.8 Å². The Labute approximate surface area is 120 Å². The molecule has 0 atom stereocenters. The predicted molar refractivity (Wildman–Crippen MR) is 81.2 cm³/mol. The molecule has 0 saturated heterocycles. The highest BCUT2D eigenvalue weighted by Crippen LogP contribution is 2.30. The van der Waals surface area contributed by atoms with Crippen LogP contribution in [-0.2, 0) is 6.42 Å². The van der Waals surface area contributed by atoms with E-state index in [4.69, 9.17) is 5.26 Å². The number of fused-ring (bicyclic) bond motifs is 1. The molecule has 0 unspecified atom stereocenters. The average molecular weight is 280 g/mol. The molecule has 0 radical (unpaired) electrons. The van der Waals surface area contributed by atoms with E-state index in [-0.39, 0.29) is 0 Å². The van der Waals surface area contributed by atoms with Crippen molar-refractivity contribution in [3.63, 3.8) is 0 Å². The van der Waals surface area contributed by atoms with Crippen LogP contribution in [0.2, 0.25) is 0 Å². The van der Waals surface area contributed by atoms with Crippen molar-refractivity contribution < 1.29 is 0 Å². The summed E-state index contributed by atoms with van der Waals surface area (Å²) in [7, 11) is 0. The quantitative estimate of drug-likeness (QED) is 0.791. The van der Waals surface area contributed by atoms with Gasteiger partial charge < -0.3 is 5.32 Å². The predicted octanol–water partition coefficient (Wildman–Crippen LogP) is 3.87. The molecular weight excluding hydrogens is 268 g/mol. The van der Waals surface area contributed by atoms with Crippen LogP contribution in [0.1, 0.15) is 17.4 Å². The van der Waals surface area contributed by atoms with Crippen molar-refractivity contribution >= 4 is 33.1 Å². The van der Waals surface area contributed by atoms with Gasteiger partial charge in [0.25, 0.3) is 0 Å². The molecule has 4 nitrogen and oxygen atoms in total. The van der Waals surface area contributed by atoms with Gasteiger partial charge in [-0.2, -0.15) is 5.26 Å². The molecule has 0 amide bonds. The number of nitrogens with zero attached hydrogens (tertiary/aromatic N) is 3. The molecule has 2 aromatic heterocycles. The zero-order chi connectivity index (χ0) is 13.9. The molecule has 0 saturated carbocycles. The average Bonchev–Trinajstić information content (AvgIpc) is 2.92. The summed E-state index contributed by atoms with van der Waals surface area (Å²) >= 11 is 1.69. The number of hydrogen-bond acceptors (Lipinski definition) is 5. The molecule has 1 aromatic carbocycles. The van der Waals surface area contributed by atoms with E-state index in [1.165, 1.54) is 4.88 Å². The molecule has 1 N–H and O–H groups in total. The highest BCUT2D eigenvalue weighted by atomic mass is 32.1. The standard InChI is InChI=1S/C15H12N4S/c1-2-12-7-13-14(17-9-18-15(13)20-12)19-11-5-3-4-10(6-11)8-16/h3-7,9H,2H2,1H3,(H,17,18,19). The molecule has 98 valence electrons. The zero-order valence-corrected chi connectivity index (χ0v) is 11.7. The number of thiophene rings is 1. The van der Waals surface area contributed by atoms with Crippen LogP contribution in [0, 0.1) is 11.3 Å². The zero-order valence-electron chi connectivity index (χ0n) is 10.9. The normalized spacial score (nSPS) is 10.4. The number of hydrogen-bond donors (Lipinski definition) is 1. The van der Waals surface area contributed by atoms with Gasteiger partial charge in [0.05, 0.1) is 17.0 Å². The summed E-state index contributed by atoms with van der Waals surface area (Å²) in [6.45, 7) is 2.13. The first kappa shape index (κ1) is 12.6. The van der Waals surface area contributed by atoms with Gasteiger partial charge in [-0.05, 0) is 30.7 Å². The minimum Gasteiger partial charge on any atom is -0.340 e. The van der Waals surface area contributed by atoms with Crippen molar-refractivity contribution in [2.24, 2.45) is 0 Å². The first-order valence-electron chi connectivity index (χ1n) is 6.30. The van der Waals surface area contributed by atoms with E-state index in [2.05, 4.69) is 34.3 Å². The highest BCUT2D eigenvalue weighted by Gasteiger charge is 2.08. The van der Waals surface area contributed by atoms with Gasteiger partial charge in [0.1, 0.15) is 17.0 Å². The molecule has 2 heterocycles. The second-order valence-electron chi connectivity index (χ2n) is 4.32. The second kappa shape index (κ2) is 5.27. The van der Waals surface area contributed by atoms with Crippen molar-refractivity contribution in [2.75, 3.05) is 5.32 Å². The molecule has 0 aliphatic rings. The molecule has 0 spiro atoms. The third-order valence-corrected chi connectivity index (χ3v) is 4.17. The van der Waals surface area contributed by atoms with E-state index >= 15 is 0 Å². The highest BCUT2D eigenvalue weighted by molar-refractivity contribution is 7.18. The summed E-state index contributed by atoms with van der Waals surface area (Å²) in [5, 5.41) is 13.2. The van der Waals surface area contributed by atoms with Crippen LogP contribution in [0.4, 0.5) is 11.5 Å². The van der Waals surface area contributed by atoms with Crippen LogP contribution < -0.4 is 5.32 Å². The Morgan fingerprint density at radius 1 is 1.30 bits per heavy atom. The summed E-state index contributed by atoms with van der Waals surface area (Å²) in [6, 6.07) is 11.6. The smallest absolute Gasteiger partial charge is 0.142 e. The SMILES string of the molecule is CCc1cc2c(Nc3cccc(C#N)c3)ncnc2s1. The maximum Gasteiger partial charge on any atom is 0.142 e. The van der Waals surface area contributed by atoms with E-state index in [0.717, 1.165) is 28.1 Å². The lowest BCUT2D eigenvalue weighted by Gasteiger charge is -2.06. The molecule has 0 aliphatic heterocycles. The Hall–Kier alpha value is -2.45. The van der Waals surface area contributed by atoms with Gasteiger partial charge in [-0.1, -0.05) is 13.0 Å². The van der Waals surface area contributed by atoms with Crippen molar-refractivity contribution in [3.8, 4) is 6.07 Å². The minimum absolute atomic E-state index is 0.625. The van der Waals surface area contributed by atoms with Crippen LogP contribution in [0.15, 0.2) is 36.7 Å². The molecule has 0 fully saturated rings. The first-order chi connectivity index (χ1) is 9.80. The van der Waals surface area contributed by atoms with Gasteiger partial charge in [-0.25, -0.2) is 9.97 Å². The molecule has 20 heavy (non-hydrogen) atoms. The summed E-state index contributed by atoms with van der Waals surface area (Å²) in [5.74, 6) is 0.779. The number of rotatable bonds is 3. The van der Waals surface area contributed by atoms with Crippen LogP contribution in [0.25, 0.3) is 10.2 Å². The third-order valence-electron chi connectivity index (χ3n) is 2.98. The maximum absolute atomic E-state index is 8.93. The van der Waals surface area contributed by atoms with E-state index in [0.29, 0.717) is 5.56 Å². The Morgan fingerprint density at radius 2 is 2.20 bits per heavy atom. The fraction of sp³-hybridized carbons (Fsp3) is 0.133. The van der Waals surface area contributed by atoms with Crippen molar-refractivity contribution in [1.82, 2.24) is 9.97 Å². The molecule has 3 rings (SSSR count). The number of benzene rings is 1. The maximum atomic E-state index is 8.93. The summed E-state index contributed by atoms with van der Waals surface area (Å²) < 4.78 is 0. The van der Waals surface area contributed by atoms with Crippen LogP contribution in [0.5, 0.6) is 0 Å². The van der Waals surface area contributed by atoms with Crippen molar-refractivity contribution in [1.29, 1.82) is 5.26 Å². The van der Waals surface area contributed by atoms with Crippen LogP contribution in [0.3, 0.4) is 0 Å². The van der Waals surface area contributed by atoms with E-state index in [1.807, 2.05) is 12.1 Å². The fourth-order valence-corrected chi connectivity index (χ4v) is 2.92. The largest absolute Gasteiger partial charge is 0.340 e. The minimum atomic E-state index is 0.625. The van der Waals surface area contributed by atoms with E-state index in [9.17, 15) is 0 Å². The van der Waals surface area contributed by atoms with Gasteiger partial charge in [-0.3, -0.25) is 0 Å². The molecular formula is C15H12N4S. The Bertz CT molecular complexity index is 801. The lowest BCUT2D eigenvalue weighted by molar-refractivity contribution is 1.19. The Kier molecular flexibility index (Phi) is 3.32. The van der Waals surface area contributed by atoms with Crippen molar-refractivity contribution in [2.45, 2.75) is 13.3 Å². The summed E-state index contributed by atoms with van der Waals surface area (Å²) in [5.41, 5.74) is 1.48. The topological polar surface area (TPSA) is 61.6 Å². The Morgan fingerprint density at radius 3 is 3.00 bits per heavy atom. The van der Waals surface area contributed by atoms with Gasteiger partial charge in [0.15, 0.2) is 0 Å². The third kappa shape index (κ3) is 2.33. The molecule has 0 bridgehead atoms. The second-order valence-corrected chi connectivity index (χ2v) is 5.44. The van der Waals surface area contributed by atoms with Gasteiger partial charge >= 0.3 is 0 Å². The van der Waals surface area contributed by atoms with Gasteiger partial charge in [0, 0.05) is 10.6 Å². The van der Waals surface area contributed by atoms with Crippen LogP contribution >= 0.6 is 11.3 Å². The number of nitriles is 1. The monoisotopic (exact) mass is 280 g/mol. The van der Waals surface area contributed by atoms with Crippen molar-refractivity contribution in [3.05, 3.63) is 47.1 Å². The number of aryl methyl sites for hydroxylation is 1.